The van der Waals surface area contributed by atoms with E-state index >= 15 is 0 Å². The predicted molar refractivity (Wildman–Crippen MR) is 108 cm³/mol. The van der Waals surface area contributed by atoms with Gasteiger partial charge in [0.25, 0.3) is 0 Å². The number of aryl methyl sites for hydroxylation is 1. The van der Waals surface area contributed by atoms with Gasteiger partial charge in [0.05, 0.1) is 17.8 Å². The Hall–Kier alpha value is -1.95. The first kappa shape index (κ1) is 16.5. The number of hydrogen-bond acceptors (Lipinski definition) is 3. The van der Waals surface area contributed by atoms with Crippen molar-refractivity contribution in [3.63, 3.8) is 0 Å². The van der Waals surface area contributed by atoms with E-state index < -0.39 is 0 Å². The number of rotatable bonds is 3. The maximum atomic E-state index is 6.06. The lowest BCUT2D eigenvalue weighted by molar-refractivity contribution is 0.575. The molecule has 0 saturated carbocycles. The zero-order chi connectivity index (χ0) is 17.4. The van der Waals surface area contributed by atoms with Crippen molar-refractivity contribution in [2.45, 2.75) is 19.0 Å². The molecule has 2 aromatic heterocycles. The smallest absolute Gasteiger partial charge is 0.174 e. The summed E-state index contributed by atoms with van der Waals surface area (Å²) in [5.41, 5.74) is 2.01. The number of aromatic nitrogens is 1. The number of anilines is 1. The highest BCUT2D eigenvalue weighted by atomic mass is 35.5. The van der Waals surface area contributed by atoms with Gasteiger partial charge in [0.1, 0.15) is 0 Å². The average Bonchev–Trinajstić information content (AvgIpc) is 3.20. The molecule has 1 N–H and O–H groups in total. The maximum absolute atomic E-state index is 6.06. The van der Waals surface area contributed by atoms with Crippen molar-refractivity contribution in [3.8, 4) is 0 Å². The lowest BCUT2D eigenvalue weighted by Gasteiger charge is -2.27. The van der Waals surface area contributed by atoms with Crippen LogP contribution in [0.1, 0.15) is 27.5 Å². The van der Waals surface area contributed by atoms with Gasteiger partial charge in [-0.2, -0.15) is 0 Å². The molecule has 0 bridgehead atoms. The zero-order valence-electron chi connectivity index (χ0n) is 13.5. The fraction of sp³-hybridized carbons (Fsp3) is 0.158. The summed E-state index contributed by atoms with van der Waals surface area (Å²) in [5.74, 6) is 0. The summed E-state index contributed by atoms with van der Waals surface area (Å²) in [6.45, 7) is 2.12. The van der Waals surface area contributed by atoms with Gasteiger partial charge in [-0.3, -0.25) is 4.98 Å². The predicted octanol–water partition coefficient (Wildman–Crippen LogP) is 5.28. The molecule has 1 aromatic carbocycles. The number of hydrogen-bond donors (Lipinski definition) is 1. The van der Waals surface area contributed by atoms with Gasteiger partial charge < -0.3 is 10.2 Å². The third-order valence-corrected chi connectivity index (χ3v) is 5.89. The van der Waals surface area contributed by atoms with Crippen LogP contribution in [0.25, 0.3) is 0 Å². The number of thiophene rings is 1. The van der Waals surface area contributed by atoms with Crippen molar-refractivity contribution in [1.29, 1.82) is 0 Å². The van der Waals surface area contributed by atoms with Crippen molar-refractivity contribution >= 4 is 46.0 Å². The molecule has 1 aliphatic heterocycles. The molecule has 1 fully saturated rings. The summed E-state index contributed by atoms with van der Waals surface area (Å²) in [6, 6.07) is 18.2. The molecule has 3 heterocycles. The molecule has 4 rings (SSSR count). The van der Waals surface area contributed by atoms with E-state index in [1.807, 2.05) is 48.7 Å². The second kappa shape index (κ2) is 6.75. The van der Waals surface area contributed by atoms with Crippen molar-refractivity contribution in [3.05, 3.63) is 81.3 Å². The highest BCUT2D eigenvalue weighted by Crippen LogP contribution is 2.43. The molecule has 2 atom stereocenters. The van der Waals surface area contributed by atoms with Gasteiger partial charge in [-0.05, 0) is 67.7 Å². The fourth-order valence-corrected chi connectivity index (χ4v) is 4.61. The summed E-state index contributed by atoms with van der Waals surface area (Å²) in [5, 5.41) is 4.88. The topological polar surface area (TPSA) is 28.2 Å². The largest absolute Gasteiger partial charge is 0.351 e. The normalized spacial score (nSPS) is 19.9. The molecule has 25 heavy (non-hydrogen) atoms. The monoisotopic (exact) mass is 385 g/mol. The van der Waals surface area contributed by atoms with Crippen LogP contribution in [0.2, 0.25) is 5.02 Å². The third kappa shape index (κ3) is 3.15. The van der Waals surface area contributed by atoms with Gasteiger partial charge >= 0.3 is 0 Å². The van der Waals surface area contributed by atoms with E-state index in [0.717, 1.165) is 11.4 Å². The van der Waals surface area contributed by atoms with Gasteiger partial charge in [0, 0.05) is 26.7 Å². The molecule has 0 aliphatic carbocycles. The summed E-state index contributed by atoms with van der Waals surface area (Å²) in [4.78, 5) is 9.26. The van der Waals surface area contributed by atoms with E-state index in [9.17, 15) is 0 Å². The summed E-state index contributed by atoms with van der Waals surface area (Å²) in [6.07, 6.45) is 1.82. The molecule has 0 unspecified atom stereocenters. The van der Waals surface area contributed by atoms with Crippen LogP contribution in [0.5, 0.6) is 0 Å². The SMILES string of the molecule is Cc1ccc([C@H]2[C@H](c3ccccn3)NC(=S)N2c2ccc(Cl)cc2)s1. The maximum Gasteiger partial charge on any atom is 0.174 e. The first-order valence-electron chi connectivity index (χ1n) is 7.96. The van der Waals surface area contributed by atoms with Crippen LogP contribution in [-0.4, -0.2) is 10.1 Å². The van der Waals surface area contributed by atoms with E-state index in [1.165, 1.54) is 9.75 Å². The third-order valence-electron chi connectivity index (χ3n) is 4.26. The van der Waals surface area contributed by atoms with Crippen LogP contribution in [0.3, 0.4) is 0 Å². The number of nitrogens with zero attached hydrogens (tertiary/aromatic N) is 2. The highest BCUT2D eigenvalue weighted by Gasteiger charge is 2.41. The summed E-state index contributed by atoms with van der Waals surface area (Å²) in [7, 11) is 0. The molecular weight excluding hydrogens is 370 g/mol. The average molecular weight is 386 g/mol. The standard InChI is InChI=1S/C19H16ClN3S2/c1-12-5-10-16(25-12)18-17(15-4-2-3-11-21-15)22-19(24)23(18)14-8-6-13(20)7-9-14/h2-11,17-18H,1H3,(H,22,24)/t17-,18-/m0/s1. The van der Waals surface area contributed by atoms with Gasteiger partial charge in [-0.25, -0.2) is 0 Å². The van der Waals surface area contributed by atoms with Gasteiger partial charge in [-0.1, -0.05) is 17.7 Å². The molecular formula is C19H16ClN3S2. The minimum atomic E-state index is 0.00225. The Kier molecular flexibility index (Phi) is 4.46. The minimum absolute atomic E-state index is 0.00225. The van der Waals surface area contributed by atoms with E-state index in [-0.39, 0.29) is 12.1 Å². The number of pyridine rings is 1. The minimum Gasteiger partial charge on any atom is -0.351 e. The van der Waals surface area contributed by atoms with Crippen LogP contribution in [0, 0.1) is 6.92 Å². The molecule has 3 nitrogen and oxygen atoms in total. The Labute approximate surface area is 161 Å². The fourth-order valence-electron chi connectivity index (χ4n) is 3.14. The van der Waals surface area contributed by atoms with Crippen LogP contribution in [-0.2, 0) is 0 Å². The van der Waals surface area contributed by atoms with E-state index in [2.05, 4.69) is 34.3 Å². The van der Waals surface area contributed by atoms with E-state index in [4.69, 9.17) is 23.8 Å². The molecule has 1 saturated heterocycles. The van der Waals surface area contributed by atoms with Crippen molar-refractivity contribution < 1.29 is 0 Å². The molecule has 0 amide bonds. The van der Waals surface area contributed by atoms with Crippen molar-refractivity contribution in [2.24, 2.45) is 0 Å². The van der Waals surface area contributed by atoms with Crippen LogP contribution >= 0.6 is 35.2 Å². The van der Waals surface area contributed by atoms with Gasteiger partial charge in [-0.15, -0.1) is 11.3 Å². The van der Waals surface area contributed by atoms with Gasteiger partial charge in [0.15, 0.2) is 5.11 Å². The van der Waals surface area contributed by atoms with E-state index in [0.29, 0.717) is 10.1 Å². The van der Waals surface area contributed by atoms with Gasteiger partial charge in [0.2, 0.25) is 0 Å². The number of halogens is 1. The summed E-state index contributed by atoms with van der Waals surface area (Å²) < 4.78 is 0. The lowest BCUT2D eigenvalue weighted by atomic mass is 10.0. The van der Waals surface area contributed by atoms with Crippen LogP contribution in [0.4, 0.5) is 5.69 Å². The highest BCUT2D eigenvalue weighted by molar-refractivity contribution is 7.80. The number of thiocarbonyl (C=S) groups is 1. The number of benzene rings is 1. The van der Waals surface area contributed by atoms with E-state index in [1.54, 1.807) is 11.3 Å². The molecule has 0 radical (unpaired) electrons. The van der Waals surface area contributed by atoms with Crippen LogP contribution < -0.4 is 10.2 Å². The lowest BCUT2D eigenvalue weighted by Crippen LogP contribution is -2.28. The molecule has 126 valence electrons. The second-order valence-electron chi connectivity index (χ2n) is 5.92. The second-order valence-corrected chi connectivity index (χ2v) is 8.06. The van der Waals surface area contributed by atoms with Crippen LogP contribution in [0.15, 0.2) is 60.8 Å². The first-order valence-corrected chi connectivity index (χ1v) is 9.56. The van der Waals surface area contributed by atoms with Crippen molar-refractivity contribution in [1.82, 2.24) is 10.3 Å². The van der Waals surface area contributed by atoms with Crippen molar-refractivity contribution in [2.75, 3.05) is 4.90 Å². The Bertz CT molecular complexity index is 893. The zero-order valence-corrected chi connectivity index (χ0v) is 15.9. The Morgan fingerprint density at radius 1 is 1.12 bits per heavy atom. The quantitative estimate of drug-likeness (QED) is 0.620. The first-order chi connectivity index (χ1) is 12.1. The molecule has 0 spiro atoms. The molecule has 3 aromatic rings. The molecule has 1 aliphatic rings. The number of nitrogens with one attached hydrogen (secondary N) is 1. The Balaban J connectivity index is 1.81. The molecule has 6 heteroatoms. The summed E-state index contributed by atoms with van der Waals surface area (Å²) >= 11 is 13.5. The Morgan fingerprint density at radius 3 is 2.56 bits per heavy atom. The Morgan fingerprint density at radius 2 is 1.92 bits per heavy atom.